The van der Waals surface area contributed by atoms with Gasteiger partial charge in [-0.25, -0.2) is 0 Å². The molecule has 0 aliphatic rings. The van der Waals surface area contributed by atoms with Crippen LogP contribution in [0.4, 0.5) is 0 Å². The van der Waals surface area contributed by atoms with Gasteiger partial charge in [-0.15, -0.1) is 0 Å². The van der Waals surface area contributed by atoms with Crippen LogP contribution in [0, 0.1) is 0 Å². The summed E-state index contributed by atoms with van der Waals surface area (Å²) in [7, 11) is -0.951. The first kappa shape index (κ1) is 10.7. The van der Waals surface area contributed by atoms with E-state index in [1.807, 2.05) is 0 Å². The molecule has 7 heavy (non-hydrogen) atoms. The van der Waals surface area contributed by atoms with Gasteiger partial charge in [0.25, 0.3) is 8.05 Å². The molecule has 2 radical (unpaired) electrons. The predicted molar refractivity (Wildman–Crippen MR) is 14.4 cm³/mol. The molecule has 0 saturated heterocycles. The molecule has 0 aromatic rings. The maximum atomic E-state index is 9.12. The molecule has 34 valence electrons. The molecule has 0 aromatic heterocycles. The van der Waals surface area contributed by atoms with Crippen LogP contribution in [-0.4, -0.2) is 8.05 Å². The van der Waals surface area contributed by atoms with Crippen molar-refractivity contribution in [1.82, 2.24) is 0 Å². The number of phosphoric acid groups is 1. The zero-order chi connectivity index (χ0) is 5.21. The van der Waals surface area contributed by atoms with Crippen molar-refractivity contribution in [2.24, 2.45) is 0 Å². The maximum Gasteiger partial charge on any atom is 2.00 e. The van der Waals surface area contributed by atoms with Gasteiger partial charge < -0.3 is 18.8 Å². The normalized spacial score (nSPS) is 10.0. The molecule has 4 nitrogen and oxygen atoms in total. The molecule has 0 amide bonds. The largest absolute Gasteiger partial charge is 2.00 e. The molecule has 0 aliphatic heterocycles. The third kappa shape index (κ3) is 10.8. The topological polar surface area (TPSA) is 72.4 Å². The van der Waals surface area contributed by atoms with Crippen molar-refractivity contribution < 1.29 is 38.3 Å². The summed E-state index contributed by atoms with van der Waals surface area (Å²) in [6.07, 6.45) is 0. The van der Waals surface area contributed by atoms with Gasteiger partial charge in [0, 0.05) is 7.82 Å². The van der Waals surface area contributed by atoms with Gasteiger partial charge in [0.15, 0.2) is 0 Å². The molecule has 0 fully saturated rings. The monoisotopic (exact) mass is 170 g/mol. The fourth-order valence-corrected chi connectivity index (χ4v) is 0. The molecular formula is BO4PZn. The Bertz CT molecular complexity index is 75.8. The van der Waals surface area contributed by atoms with Crippen molar-refractivity contribution in [3.63, 3.8) is 0 Å². The summed E-state index contributed by atoms with van der Waals surface area (Å²) in [5.41, 5.74) is 0. The molecule has 0 aromatic carbocycles. The summed E-state index contributed by atoms with van der Waals surface area (Å²) >= 11 is 0. The Morgan fingerprint density at radius 2 is 1.71 bits per heavy atom. The van der Waals surface area contributed by atoms with Crippen molar-refractivity contribution in [2.75, 3.05) is 0 Å². The van der Waals surface area contributed by atoms with Gasteiger partial charge in [-0.2, -0.15) is 0 Å². The van der Waals surface area contributed by atoms with Crippen LogP contribution in [0.3, 0.4) is 0 Å². The second-order valence-electron chi connectivity index (χ2n) is 0.553. The minimum absolute atomic E-state index is 0. The molecular weight excluding hydrogens is 171 g/mol. The molecule has 0 saturated carbocycles. The Balaban J connectivity index is 0. The van der Waals surface area contributed by atoms with Crippen LogP contribution in [0.5, 0.6) is 0 Å². The molecule has 0 rings (SSSR count). The fraction of sp³-hybridized carbons (Fsp3) is 0. The number of rotatable bonds is 1. The van der Waals surface area contributed by atoms with E-state index in [2.05, 4.69) is 12.5 Å². The van der Waals surface area contributed by atoms with Crippen LogP contribution in [0.1, 0.15) is 0 Å². The van der Waals surface area contributed by atoms with E-state index in [4.69, 9.17) is 14.4 Å². The third-order valence-electron chi connectivity index (χ3n) is 0.129. The van der Waals surface area contributed by atoms with E-state index in [0.717, 1.165) is 0 Å². The predicted octanol–water partition coefficient (Wildman–Crippen LogP) is -2.09. The van der Waals surface area contributed by atoms with E-state index in [1.54, 1.807) is 0 Å². The second kappa shape index (κ2) is 3.76. The number of hydrogen-bond donors (Lipinski definition) is 0. The Hall–Kier alpha value is 0.798. The quantitative estimate of drug-likeness (QED) is 0.335. The molecule has 0 spiro atoms. The summed E-state index contributed by atoms with van der Waals surface area (Å²) in [6.45, 7) is 0. The van der Waals surface area contributed by atoms with Crippen LogP contribution in [-0.2, 0) is 28.5 Å². The third-order valence-corrected chi connectivity index (χ3v) is 0.387. The average Bonchev–Trinajstić information content (AvgIpc) is 1.35. The summed E-state index contributed by atoms with van der Waals surface area (Å²) < 4.78 is 12.0. The van der Waals surface area contributed by atoms with E-state index < -0.39 is 7.82 Å². The van der Waals surface area contributed by atoms with Crippen molar-refractivity contribution in [1.29, 1.82) is 0 Å². The standard InChI is InChI=1S/BH2O4P.Zn/c1-5-6(2,3)4;/h(H2,2,3,4);/q;+2/p-2. The molecule has 0 heterocycles. The first-order valence-electron chi connectivity index (χ1n) is 0.966. The molecule has 0 bridgehead atoms. The van der Waals surface area contributed by atoms with Gasteiger partial charge >= 0.3 is 19.5 Å². The smallest absolute Gasteiger partial charge is 0.791 e. The minimum Gasteiger partial charge on any atom is -0.791 e. The summed E-state index contributed by atoms with van der Waals surface area (Å²) in [4.78, 5) is 18.2. The Morgan fingerprint density at radius 3 is 1.71 bits per heavy atom. The van der Waals surface area contributed by atoms with Gasteiger partial charge in [0.1, 0.15) is 0 Å². The van der Waals surface area contributed by atoms with Crippen LogP contribution in [0.15, 0.2) is 0 Å². The van der Waals surface area contributed by atoms with Gasteiger partial charge in [-0.1, -0.05) is 0 Å². The first-order chi connectivity index (χ1) is 2.56. The average molecular weight is 171 g/mol. The fourth-order valence-electron chi connectivity index (χ4n) is 0. The SMILES string of the molecule is [B]OP(=O)([O-])[O-].[Zn+2]. The van der Waals surface area contributed by atoms with Gasteiger partial charge in [0.05, 0.1) is 0 Å². The Morgan fingerprint density at radius 1 is 1.57 bits per heavy atom. The van der Waals surface area contributed by atoms with E-state index in [1.165, 1.54) is 0 Å². The van der Waals surface area contributed by atoms with E-state index >= 15 is 0 Å². The minimum atomic E-state index is -4.87. The van der Waals surface area contributed by atoms with Crippen LogP contribution >= 0.6 is 7.82 Å². The van der Waals surface area contributed by atoms with Crippen molar-refractivity contribution in [3.05, 3.63) is 0 Å². The van der Waals surface area contributed by atoms with Crippen molar-refractivity contribution >= 4 is 15.9 Å². The summed E-state index contributed by atoms with van der Waals surface area (Å²) in [5, 5.41) is 0. The zero-order valence-corrected chi connectivity index (χ0v) is 7.23. The van der Waals surface area contributed by atoms with Gasteiger partial charge in [-0.3, -0.25) is 0 Å². The molecule has 0 N–H and O–H groups in total. The molecule has 0 aliphatic carbocycles. The van der Waals surface area contributed by atoms with Crippen LogP contribution in [0.25, 0.3) is 0 Å². The Kier molecular flexibility index (Phi) is 5.76. The van der Waals surface area contributed by atoms with Crippen molar-refractivity contribution in [2.45, 2.75) is 0 Å². The first-order valence-corrected chi connectivity index (χ1v) is 2.43. The van der Waals surface area contributed by atoms with Crippen LogP contribution < -0.4 is 9.79 Å². The van der Waals surface area contributed by atoms with Gasteiger partial charge in [-0.05, 0) is 0 Å². The maximum absolute atomic E-state index is 9.12. The number of hydrogen-bond acceptors (Lipinski definition) is 4. The second-order valence-corrected chi connectivity index (χ2v) is 1.66. The Labute approximate surface area is 54.7 Å². The van der Waals surface area contributed by atoms with E-state index in [0.29, 0.717) is 0 Å². The summed E-state index contributed by atoms with van der Waals surface area (Å²) in [5.74, 6) is 0. The molecule has 0 atom stereocenters. The zero-order valence-electron chi connectivity index (χ0n) is 3.36. The van der Waals surface area contributed by atoms with Gasteiger partial charge in [0.2, 0.25) is 0 Å². The van der Waals surface area contributed by atoms with Crippen molar-refractivity contribution in [3.8, 4) is 0 Å². The molecule has 7 heteroatoms. The molecule has 0 unspecified atom stereocenters. The van der Waals surface area contributed by atoms with E-state index in [9.17, 15) is 0 Å². The van der Waals surface area contributed by atoms with Crippen LogP contribution in [0.2, 0.25) is 0 Å². The van der Waals surface area contributed by atoms with E-state index in [-0.39, 0.29) is 19.5 Å². The summed E-state index contributed by atoms with van der Waals surface area (Å²) in [6, 6.07) is 0.